The Morgan fingerprint density at radius 2 is 2.44 bits per heavy atom. The molecule has 4 heteroatoms. The number of pyridine rings is 1. The van der Waals surface area contributed by atoms with Crippen LogP contribution in [-0.2, 0) is 0 Å². The molecule has 0 spiro atoms. The van der Waals surface area contributed by atoms with Gasteiger partial charge >= 0.3 is 0 Å². The first kappa shape index (κ1) is 10.7. The zero-order valence-electron chi connectivity index (χ0n) is 9.40. The molecule has 1 fully saturated rings. The van der Waals surface area contributed by atoms with Gasteiger partial charge in [-0.1, -0.05) is 6.92 Å². The highest BCUT2D eigenvalue weighted by Gasteiger charge is 2.27. The Morgan fingerprint density at radius 3 is 3.06 bits per heavy atom. The number of nitrogens with two attached hydrogens (primary N) is 1. The molecule has 0 saturated heterocycles. The van der Waals surface area contributed by atoms with Gasteiger partial charge in [0.05, 0.1) is 17.4 Å². The summed E-state index contributed by atoms with van der Waals surface area (Å²) in [5, 5.41) is 12.2. The van der Waals surface area contributed by atoms with Crippen molar-refractivity contribution in [2.45, 2.75) is 19.8 Å². The summed E-state index contributed by atoms with van der Waals surface area (Å²) in [6.07, 6.45) is 4.25. The Kier molecular flexibility index (Phi) is 2.95. The normalized spacial score (nSPS) is 16.5. The van der Waals surface area contributed by atoms with Gasteiger partial charge < -0.3 is 11.1 Å². The average Bonchev–Trinajstić information content (AvgIpc) is 3.10. The summed E-state index contributed by atoms with van der Waals surface area (Å²) in [4.78, 5) is 4.14. The third-order valence-corrected chi connectivity index (χ3v) is 3.05. The SMILES string of the molecule is CC(CNc1ncc(N)cc1C#N)C1CC1. The van der Waals surface area contributed by atoms with E-state index in [1.165, 1.54) is 12.8 Å². The molecule has 84 valence electrons. The molecule has 4 nitrogen and oxygen atoms in total. The zero-order chi connectivity index (χ0) is 11.5. The lowest BCUT2D eigenvalue weighted by molar-refractivity contribution is 0.536. The van der Waals surface area contributed by atoms with Gasteiger partial charge in [0.2, 0.25) is 0 Å². The molecule has 1 aromatic heterocycles. The molecule has 1 aliphatic rings. The molecule has 16 heavy (non-hydrogen) atoms. The second-order valence-corrected chi connectivity index (χ2v) is 4.47. The lowest BCUT2D eigenvalue weighted by Crippen LogP contribution is -2.14. The third-order valence-electron chi connectivity index (χ3n) is 3.05. The summed E-state index contributed by atoms with van der Waals surface area (Å²) < 4.78 is 0. The van der Waals surface area contributed by atoms with Crippen LogP contribution in [0.4, 0.5) is 11.5 Å². The van der Waals surface area contributed by atoms with Crippen molar-refractivity contribution in [1.29, 1.82) is 5.26 Å². The number of hydrogen-bond acceptors (Lipinski definition) is 4. The minimum absolute atomic E-state index is 0.517. The second-order valence-electron chi connectivity index (χ2n) is 4.47. The maximum Gasteiger partial charge on any atom is 0.144 e. The van der Waals surface area contributed by atoms with Crippen LogP contribution in [0, 0.1) is 23.2 Å². The average molecular weight is 216 g/mol. The molecule has 1 aromatic rings. The van der Waals surface area contributed by atoms with E-state index in [0.29, 0.717) is 23.0 Å². The second kappa shape index (κ2) is 4.40. The quantitative estimate of drug-likeness (QED) is 0.807. The molecule has 0 amide bonds. The largest absolute Gasteiger partial charge is 0.397 e. The van der Waals surface area contributed by atoms with Crippen molar-refractivity contribution in [3.05, 3.63) is 17.8 Å². The first-order valence-electron chi connectivity index (χ1n) is 5.60. The number of nitrogen functional groups attached to an aromatic ring is 1. The predicted molar refractivity (Wildman–Crippen MR) is 63.7 cm³/mol. The first-order chi connectivity index (χ1) is 7.70. The topological polar surface area (TPSA) is 74.7 Å². The van der Waals surface area contributed by atoms with E-state index < -0.39 is 0 Å². The van der Waals surface area contributed by atoms with Gasteiger partial charge in [-0.25, -0.2) is 4.98 Å². The van der Waals surface area contributed by atoms with E-state index in [9.17, 15) is 0 Å². The number of nitrogens with zero attached hydrogens (tertiary/aromatic N) is 2. The molecule has 3 N–H and O–H groups in total. The van der Waals surface area contributed by atoms with Gasteiger partial charge in [0.25, 0.3) is 0 Å². The fraction of sp³-hybridized carbons (Fsp3) is 0.500. The molecule has 1 atom stereocenters. The Bertz CT molecular complexity index is 418. The van der Waals surface area contributed by atoms with Crippen LogP contribution in [0.2, 0.25) is 0 Å². The van der Waals surface area contributed by atoms with Crippen LogP contribution in [0.1, 0.15) is 25.3 Å². The summed E-state index contributed by atoms with van der Waals surface area (Å²) in [5.41, 5.74) is 6.62. The molecule has 1 unspecified atom stereocenters. The van der Waals surface area contributed by atoms with Gasteiger partial charge in [0.15, 0.2) is 0 Å². The van der Waals surface area contributed by atoms with Crippen molar-refractivity contribution >= 4 is 11.5 Å². The predicted octanol–water partition coefficient (Wildman–Crippen LogP) is 1.99. The lowest BCUT2D eigenvalue weighted by Gasteiger charge is -2.12. The Morgan fingerprint density at radius 1 is 1.69 bits per heavy atom. The number of hydrogen-bond donors (Lipinski definition) is 2. The molecular formula is C12H16N4. The molecule has 2 rings (SSSR count). The van der Waals surface area contributed by atoms with Crippen LogP contribution in [0.5, 0.6) is 0 Å². The molecule has 1 aliphatic carbocycles. The number of nitriles is 1. The summed E-state index contributed by atoms with van der Waals surface area (Å²) in [7, 11) is 0. The van der Waals surface area contributed by atoms with Crippen molar-refractivity contribution in [2.75, 3.05) is 17.6 Å². The van der Waals surface area contributed by atoms with E-state index >= 15 is 0 Å². The van der Waals surface area contributed by atoms with Crippen molar-refractivity contribution < 1.29 is 0 Å². The molecule has 1 heterocycles. The summed E-state index contributed by atoms with van der Waals surface area (Å²) >= 11 is 0. The Labute approximate surface area is 95.5 Å². The minimum atomic E-state index is 0.517. The molecule has 0 radical (unpaired) electrons. The summed E-state index contributed by atoms with van der Waals surface area (Å²) in [6, 6.07) is 3.75. The monoisotopic (exact) mass is 216 g/mol. The third kappa shape index (κ3) is 2.43. The van der Waals surface area contributed by atoms with Gasteiger partial charge in [0, 0.05) is 6.54 Å². The number of rotatable bonds is 4. The van der Waals surface area contributed by atoms with Crippen molar-refractivity contribution in [1.82, 2.24) is 4.98 Å². The molecular weight excluding hydrogens is 200 g/mol. The summed E-state index contributed by atoms with van der Waals surface area (Å²) in [6.45, 7) is 3.10. The van der Waals surface area contributed by atoms with E-state index in [-0.39, 0.29) is 0 Å². The van der Waals surface area contributed by atoms with E-state index in [2.05, 4.69) is 23.3 Å². The highest BCUT2D eigenvalue weighted by Crippen LogP contribution is 2.36. The summed E-state index contributed by atoms with van der Waals surface area (Å²) in [5.74, 6) is 2.14. The minimum Gasteiger partial charge on any atom is -0.397 e. The Hall–Kier alpha value is -1.76. The van der Waals surface area contributed by atoms with Crippen molar-refractivity contribution in [2.24, 2.45) is 11.8 Å². The molecule has 1 saturated carbocycles. The maximum atomic E-state index is 8.94. The number of nitrogens with one attached hydrogen (secondary N) is 1. The van der Waals surface area contributed by atoms with Crippen LogP contribution in [0.25, 0.3) is 0 Å². The van der Waals surface area contributed by atoms with Gasteiger partial charge in [0.1, 0.15) is 11.9 Å². The van der Waals surface area contributed by atoms with Crippen LogP contribution in [0.3, 0.4) is 0 Å². The van der Waals surface area contributed by atoms with Crippen molar-refractivity contribution in [3.8, 4) is 6.07 Å². The van der Waals surface area contributed by atoms with E-state index in [0.717, 1.165) is 12.5 Å². The van der Waals surface area contributed by atoms with Crippen LogP contribution in [-0.4, -0.2) is 11.5 Å². The van der Waals surface area contributed by atoms with Crippen LogP contribution in [0.15, 0.2) is 12.3 Å². The van der Waals surface area contributed by atoms with Crippen LogP contribution >= 0.6 is 0 Å². The van der Waals surface area contributed by atoms with E-state index in [1.54, 1.807) is 12.3 Å². The van der Waals surface area contributed by atoms with Gasteiger partial charge in [-0.15, -0.1) is 0 Å². The lowest BCUT2D eigenvalue weighted by atomic mass is 10.1. The van der Waals surface area contributed by atoms with Gasteiger partial charge in [-0.2, -0.15) is 5.26 Å². The highest BCUT2D eigenvalue weighted by atomic mass is 15.0. The van der Waals surface area contributed by atoms with Gasteiger partial charge in [-0.3, -0.25) is 0 Å². The van der Waals surface area contributed by atoms with E-state index in [4.69, 9.17) is 11.0 Å². The fourth-order valence-electron chi connectivity index (χ4n) is 1.80. The van der Waals surface area contributed by atoms with Crippen molar-refractivity contribution in [3.63, 3.8) is 0 Å². The molecule has 0 aromatic carbocycles. The maximum absolute atomic E-state index is 8.94. The Balaban J connectivity index is 2.00. The number of anilines is 2. The van der Waals surface area contributed by atoms with Crippen LogP contribution < -0.4 is 11.1 Å². The van der Waals surface area contributed by atoms with Gasteiger partial charge in [-0.05, 0) is 30.7 Å². The fourth-order valence-corrected chi connectivity index (χ4v) is 1.80. The zero-order valence-corrected chi connectivity index (χ0v) is 9.40. The smallest absolute Gasteiger partial charge is 0.144 e. The number of aromatic nitrogens is 1. The highest BCUT2D eigenvalue weighted by molar-refractivity contribution is 5.57. The molecule has 0 aliphatic heterocycles. The first-order valence-corrected chi connectivity index (χ1v) is 5.60. The van der Waals surface area contributed by atoms with E-state index in [1.807, 2.05) is 0 Å². The molecule has 0 bridgehead atoms. The standard InChI is InChI=1S/C12H16N4/c1-8(9-2-3-9)6-15-12-10(5-13)4-11(14)7-16-12/h4,7-9H,2-3,6,14H2,1H3,(H,15,16).